The third kappa shape index (κ3) is 4.84. The van der Waals surface area contributed by atoms with Crippen molar-refractivity contribution in [2.75, 3.05) is 5.43 Å². The van der Waals surface area contributed by atoms with E-state index in [-0.39, 0.29) is 5.56 Å². The third-order valence-electron chi connectivity index (χ3n) is 3.45. The molecule has 0 aliphatic rings. The molecular formula is C20H15ClN2O3. The molecule has 26 heavy (non-hydrogen) atoms. The van der Waals surface area contributed by atoms with Gasteiger partial charge in [-0.25, -0.2) is 4.79 Å². The van der Waals surface area contributed by atoms with E-state index in [1.165, 1.54) is 12.1 Å². The molecule has 5 nitrogen and oxygen atoms in total. The Kier molecular flexibility index (Phi) is 5.51. The molecule has 6 heteroatoms. The first-order valence-electron chi connectivity index (χ1n) is 7.76. The summed E-state index contributed by atoms with van der Waals surface area (Å²) in [5.41, 5.74) is 4.48. The highest BCUT2D eigenvalue weighted by molar-refractivity contribution is 6.30. The molecule has 3 aromatic rings. The molecule has 0 saturated heterocycles. The predicted molar refractivity (Wildman–Crippen MR) is 103 cm³/mol. The molecule has 130 valence electrons. The van der Waals surface area contributed by atoms with Crippen molar-refractivity contribution in [3.05, 3.63) is 88.9 Å². The zero-order chi connectivity index (χ0) is 18.4. The lowest BCUT2D eigenvalue weighted by molar-refractivity contribution is 0.0697. The molecule has 2 N–H and O–H groups in total. The maximum atomic E-state index is 10.9. The highest BCUT2D eigenvalue weighted by atomic mass is 35.5. The maximum absolute atomic E-state index is 10.9. The van der Waals surface area contributed by atoms with Gasteiger partial charge in [-0.05, 0) is 72.3 Å². The molecule has 0 bridgehead atoms. The molecular weight excluding hydrogens is 352 g/mol. The third-order valence-corrected chi connectivity index (χ3v) is 3.70. The molecule has 0 unspecified atom stereocenters. The molecule has 0 aliphatic carbocycles. The highest BCUT2D eigenvalue weighted by Gasteiger charge is 2.02. The Hall–Kier alpha value is -3.31. The summed E-state index contributed by atoms with van der Waals surface area (Å²) in [5.74, 6) is 0.427. The topological polar surface area (TPSA) is 70.9 Å². The minimum Gasteiger partial charge on any atom is -0.478 e. The highest BCUT2D eigenvalue weighted by Crippen LogP contribution is 2.23. The van der Waals surface area contributed by atoms with E-state index in [1.807, 2.05) is 24.3 Å². The second-order valence-corrected chi connectivity index (χ2v) is 5.82. The number of benzene rings is 3. The average molecular weight is 367 g/mol. The SMILES string of the molecule is O=C(O)c1cccc(NN=Cc2ccc(Oc3ccc(Cl)cc3)cc2)c1. The van der Waals surface area contributed by atoms with E-state index in [0.29, 0.717) is 22.2 Å². The van der Waals surface area contributed by atoms with Gasteiger partial charge in [0.05, 0.1) is 17.5 Å². The van der Waals surface area contributed by atoms with Gasteiger partial charge in [-0.2, -0.15) is 5.10 Å². The van der Waals surface area contributed by atoms with Gasteiger partial charge >= 0.3 is 5.97 Å². The van der Waals surface area contributed by atoms with E-state index in [0.717, 1.165) is 5.56 Å². The molecule has 0 aromatic heterocycles. The number of carboxylic acids is 1. The number of nitrogens with zero attached hydrogens (tertiary/aromatic N) is 1. The fourth-order valence-corrected chi connectivity index (χ4v) is 2.29. The lowest BCUT2D eigenvalue weighted by atomic mass is 10.2. The van der Waals surface area contributed by atoms with Crippen LogP contribution in [0.2, 0.25) is 5.02 Å². The van der Waals surface area contributed by atoms with Crippen LogP contribution in [0.1, 0.15) is 15.9 Å². The van der Waals surface area contributed by atoms with E-state index in [4.69, 9.17) is 21.4 Å². The zero-order valence-electron chi connectivity index (χ0n) is 13.6. The van der Waals surface area contributed by atoms with Crippen LogP contribution in [0.25, 0.3) is 0 Å². The number of aromatic carboxylic acids is 1. The summed E-state index contributed by atoms with van der Waals surface area (Å²) < 4.78 is 5.72. The average Bonchev–Trinajstić information content (AvgIpc) is 2.65. The molecule has 0 aliphatic heterocycles. The smallest absolute Gasteiger partial charge is 0.335 e. The molecule has 0 heterocycles. The number of hydrogen-bond acceptors (Lipinski definition) is 4. The van der Waals surface area contributed by atoms with Crippen molar-refractivity contribution in [3.8, 4) is 11.5 Å². The Morgan fingerprint density at radius 1 is 1.00 bits per heavy atom. The standard InChI is InChI=1S/C20H15ClN2O3/c21-16-6-10-19(11-7-16)26-18-8-4-14(5-9-18)13-22-23-17-3-1-2-15(12-17)20(24)25/h1-13,23H,(H,24,25). The number of ether oxygens (including phenoxy) is 1. The van der Waals surface area contributed by atoms with Crippen LogP contribution in [0.4, 0.5) is 5.69 Å². The lowest BCUT2D eigenvalue weighted by Gasteiger charge is -2.06. The number of anilines is 1. The van der Waals surface area contributed by atoms with Crippen molar-refractivity contribution < 1.29 is 14.6 Å². The van der Waals surface area contributed by atoms with Crippen LogP contribution < -0.4 is 10.2 Å². The van der Waals surface area contributed by atoms with E-state index >= 15 is 0 Å². The Bertz CT molecular complexity index is 923. The molecule has 3 aromatic carbocycles. The van der Waals surface area contributed by atoms with Crippen molar-refractivity contribution in [1.82, 2.24) is 0 Å². The van der Waals surface area contributed by atoms with Crippen molar-refractivity contribution in [3.63, 3.8) is 0 Å². The van der Waals surface area contributed by atoms with Crippen LogP contribution in [0.5, 0.6) is 11.5 Å². The molecule has 0 radical (unpaired) electrons. The van der Waals surface area contributed by atoms with Gasteiger partial charge in [0.15, 0.2) is 0 Å². The number of carbonyl (C=O) groups is 1. The van der Waals surface area contributed by atoms with Crippen LogP contribution in [0, 0.1) is 0 Å². The molecule has 0 amide bonds. The fraction of sp³-hybridized carbons (Fsp3) is 0. The molecule has 0 spiro atoms. The first-order chi connectivity index (χ1) is 12.6. The van der Waals surface area contributed by atoms with Gasteiger partial charge in [0.25, 0.3) is 0 Å². The summed E-state index contributed by atoms with van der Waals surface area (Å²) >= 11 is 5.85. The number of carboxylic acid groups (broad SMARTS) is 1. The quantitative estimate of drug-likeness (QED) is 0.460. The minimum atomic E-state index is -0.978. The molecule has 3 rings (SSSR count). The molecule has 0 fully saturated rings. The summed E-state index contributed by atoms with van der Waals surface area (Å²) in [6.45, 7) is 0. The second-order valence-electron chi connectivity index (χ2n) is 5.38. The number of nitrogens with one attached hydrogen (secondary N) is 1. The zero-order valence-corrected chi connectivity index (χ0v) is 14.4. The van der Waals surface area contributed by atoms with Gasteiger partial charge in [0, 0.05) is 5.02 Å². The van der Waals surface area contributed by atoms with Crippen LogP contribution in [-0.2, 0) is 0 Å². The van der Waals surface area contributed by atoms with Crippen molar-refractivity contribution in [2.45, 2.75) is 0 Å². The fourth-order valence-electron chi connectivity index (χ4n) is 2.16. The maximum Gasteiger partial charge on any atom is 0.335 e. The largest absolute Gasteiger partial charge is 0.478 e. The number of halogens is 1. The number of rotatable bonds is 6. The summed E-state index contributed by atoms with van der Waals surface area (Å²) in [4.78, 5) is 10.9. The van der Waals surface area contributed by atoms with Gasteiger partial charge in [0.2, 0.25) is 0 Å². The summed E-state index contributed by atoms with van der Waals surface area (Å²) in [7, 11) is 0. The van der Waals surface area contributed by atoms with Gasteiger partial charge in [0.1, 0.15) is 11.5 Å². The Morgan fingerprint density at radius 3 is 2.31 bits per heavy atom. The molecule has 0 atom stereocenters. The van der Waals surface area contributed by atoms with Crippen LogP contribution in [-0.4, -0.2) is 17.3 Å². The summed E-state index contributed by atoms with van der Waals surface area (Å²) in [5, 5.41) is 13.7. The van der Waals surface area contributed by atoms with Crippen LogP contribution >= 0.6 is 11.6 Å². The van der Waals surface area contributed by atoms with Gasteiger partial charge < -0.3 is 9.84 Å². The monoisotopic (exact) mass is 366 g/mol. The molecule has 0 saturated carbocycles. The van der Waals surface area contributed by atoms with E-state index in [1.54, 1.807) is 42.6 Å². The summed E-state index contributed by atoms with van der Waals surface area (Å²) in [6.07, 6.45) is 1.64. The Morgan fingerprint density at radius 2 is 1.65 bits per heavy atom. The van der Waals surface area contributed by atoms with Crippen LogP contribution in [0.15, 0.2) is 77.9 Å². The van der Waals surface area contributed by atoms with E-state index in [9.17, 15) is 4.79 Å². The van der Waals surface area contributed by atoms with E-state index in [2.05, 4.69) is 10.5 Å². The van der Waals surface area contributed by atoms with Crippen LogP contribution in [0.3, 0.4) is 0 Å². The second kappa shape index (κ2) is 8.18. The van der Waals surface area contributed by atoms with E-state index < -0.39 is 5.97 Å². The Balaban J connectivity index is 1.60. The normalized spacial score (nSPS) is 10.7. The minimum absolute atomic E-state index is 0.203. The lowest BCUT2D eigenvalue weighted by Crippen LogP contribution is -1.97. The summed E-state index contributed by atoms with van der Waals surface area (Å²) in [6, 6.07) is 21.0. The first kappa shape index (κ1) is 17.5. The first-order valence-corrected chi connectivity index (χ1v) is 8.14. The van der Waals surface area contributed by atoms with Gasteiger partial charge in [-0.3, -0.25) is 5.43 Å². The van der Waals surface area contributed by atoms with Crippen molar-refractivity contribution in [2.24, 2.45) is 5.10 Å². The number of hydrazone groups is 1. The Labute approximate surface area is 155 Å². The predicted octanol–water partition coefficient (Wildman–Crippen LogP) is 5.28. The van der Waals surface area contributed by atoms with Crippen molar-refractivity contribution in [1.29, 1.82) is 0 Å². The van der Waals surface area contributed by atoms with Crippen molar-refractivity contribution >= 4 is 29.5 Å². The van der Waals surface area contributed by atoms with Gasteiger partial charge in [-0.1, -0.05) is 17.7 Å². The van der Waals surface area contributed by atoms with Gasteiger partial charge in [-0.15, -0.1) is 0 Å². The number of hydrogen-bond donors (Lipinski definition) is 2.